The molecule has 2 atom stereocenters. The van der Waals surface area contributed by atoms with E-state index in [1.165, 1.54) is 0 Å². The fourth-order valence-electron chi connectivity index (χ4n) is 2.15. The molecule has 0 aliphatic carbocycles. The quantitative estimate of drug-likeness (QED) is 0.846. The van der Waals surface area contributed by atoms with Gasteiger partial charge in [-0.3, -0.25) is 9.78 Å². The summed E-state index contributed by atoms with van der Waals surface area (Å²) in [7, 11) is 1.79. The van der Waals surface area contributed by atoms with Crippen molar-refractivity contribution >= 4 is 5.91 Å². The number of nitrogens with zero attached hydrogens (tertiary/aromatic N) is 2. The van der Waals surface area contributed by atoms with Crippen LogP contribution in [0.25, 0.3) is 0 Å². The van der Waals surface area contributed by atoms with E-state index in [2.05, 4.69) is 4.98 Å². The van der Waals surface area contributed by atoms with E-state index in [1.807, 2.05) is 12.1 Å². The van der Waals surface area contributed by atoms with Gasteiger partial charge in [0.2, 0.25) is 0 Å². The summed E-state index contributed by atoms with van der Waals surface area (Å²) in [4.78, 5) is 17.8. The van der Waals surface area contributed by atoms with Crippen molar-refractivity contribution in [3.05, 3.63) is 30.1 Å². The first kappa shape index (κ1) is 13.0. The minimum absolute atomic E-state index is 0.0303. The smallest absolute Gasteiger partial charge is 0.251 e. The van der Waals surface area contributed by atoms with Gasteiger partial charge in [-0.2, -0.15) is 0 Å². The Bertz CT molecular complexity index is 396. The Labute approximate surface area is 107 Å². The highest BCUT2D eigenvalue weighted by Crippen LogP contribution is 2.20. The monoisotopic (exact) mass is 249 g/mol. The third kappa shape index (κ3) is 3.05. The first-order valence-electron chi connectivity index (χ1n) is 6.20. The largest absolute Gasteiger partial charge is 0.364 e. The van der Waals surface area contributed by atoms with E-state index >= 15 is 0 Å². The lowest BCUT2D eigenvalue weighted by Gasteiger charge is -2.21. The molecule has 2 rings (SSSR count). The summed E-state index contributed by atoms with van der Waals surface area (Å²) < 4.78 is 5.60. The molecule has 1 fully saturated rings. The van der Waals surface area contributed by atoms with Gasteiger partial charge >= 0.3 is 0 Å². The fourth-order valence-corrected chi connectivity index (χ4v) is 2.15. The minimum atomic E-state index is -0.328. The lowest BCUT2D eigenvalue weighted by Crippen LogP contribution is -2.36. The van der Waals surface area contributed by atoms with Crippen LogP contribution in [0.1, 0.15) is 18.4 Å². The maximum atomic E-state index is 12.2. The third-order valence-electron chi connectivity index (χ3n) is 3.19. The number of hydrogen-bond donors (Lipinski definition) is 1. The molecule has 0 bridgehead atoms. The highest BCUT2D eigenvalue weighted by atomic mass is 16.5. The highest BCUT2D eigenvalue weighted by Gasteiger charge is 2.31. The van der Waals surface area contributed by atoms with E-state index in [-0.39, 0.29) is 18.1 Å². The lowest BCUT2D eigenvalue weighted by atomic mass is 10.1. The van der Waals surface area contributed by atoms with Gasteiger partial charge in [0.25, 0.3) is 5.91 Å². The maximum Gasteiger partial charge on any atom is 0.251 e. The summed E-state index contributed by atoms with van der Waals surface area (Å²) in [6.07, 6.45) is 4.80. The molecule has 1 aromatic rings. The van der Waals surface area contributed by atoms with Crippen LogP contribution in [0, 0.1) is 0 Å². The molecule has 1 aromatic heterocycles. The van der Waals surface area contributed by atoms with Crippen molar-refractivity contribution in [1.29, 1.82) is 0 Å². The molecule has 1 aliphatic rings. The summed E-state index contributed by atoms with van der Waals surface area (Å²) >= 11 is 0. The van der Waals surface area contributed by atoms with E-state index < -0.39 is 0 Å². The zero-order valence-electron chi connectivity index (χ0n) is 10.6. The van der Waals surface area contributed by atoms with Crippen LogP contribution in [0.5, 0.6) is 0 Å². The average Bonchev–Trinajstić information content (AvgIpc) is 2.87. The van der Waals surface area contributed by atoms with E-state index in [9.17, 15) is 4.79 Å². The first-order chi connectivity index (χ1) is 8.70. The Morgan fingerprint density at radius 1 is 1.50 bits per heavy atom. The molecule has 0 radical (unpaired) electrons. The molecule has 2 N–H and O–H groups in total. The van der Waals surface area contributed by atoms with Crippen molar-refractivity contribution in [2.24, 2.45) is 5.73 Å². The molecule has 18 heavy (non-hydrogen) atoms. The molecule has 2 unspecified atom stereocenters. The van der Waals surface area contributed by atoms with E-state index in [4.69, 9.17) is 10.5 Å². The number of rotatable bonds is 4. The molecular formula is C13H19N3O2. The molecule has 0 spiro atoms. The highest BCUT2D eigenvalue weighted by molar-refractivity contribution is 5.80. The average molecular weight is 249 g/mol. The van der Waals surface area contributed by atoms with Gasteiger partial charge in [-0.15, -0.1) is 0 Å². The molecule has 0 saturated carbocycles. The second kappa shape index (κ2) is 5.93. The summed E-state index contributed by atoms with van der Waals surface area (Å²) in [5.74, 6) is 0.0303. The van der Waals surface area contributed by atoms with Gasteiger partial charge in [0.1, 0.15) is 6.10 Å². The second-order valence-electron chi connectivity index (χ2n) is 4.61. The summed E-state index contributed by atoms with van der Waals surface area (Å²) in [6, 6.07) is 3.81. The summed E-state index contributed by atoms with van der Waals surface area (Å²) in [6.45, 7) is 1.06. The van der Waals surface area contributed by atoms with Gasteiger partial charge in [-0.05, 0) is 30.5 Å². The number of hydrogen-bond acceptors (Lipinski definition) is 4. The lowest BCUT2D eigenvalue weighted by molar-refractivity contribution is -0.141. The molecule has 1 saturated heterocycles. The number of carbonyl (C=O) groups excluding carboxylic acids is 1. The standard InChI is InChI=1S/C13H19N3O2/c1-16(9-10-4-6-15-7-5-10)13(17)12-3-2-11(8-14)18-12/h4-7,11-12H,2-3,8-9,14H2,1H3. The Balaban J connectivity index is 1.89. The van der Waals surface area contributed by atoms with Crippen LogP contribution in [0.2, 0.25) is 0 Å². The molecule has 1 aliphatic heterocycles. The SMILES string of the molecule is CN(Cc1ccncc1)C(=O)C1CCC(CN)O1. The number of carbonyl (C=O) groups is 1. The Morgan fingerprint density at radius 2 is 2.22 bits per heavy atom. The van der Waals surface area contributed by atoms with Crippen molar-refractivity contribution in [3.63, 3.8) is 0 Å². The van der Waals surface area contributed by atoms with Gasteiger partial charge < -0.3 is 15.4 Å². The second-order valence-corrected chi connectivity index (χ2v) is 4.61. The first-order valence-corrected chi connectivity index (χ1v) is 6.20. The van der Waals surface area contributed by atoms with Crippen LogP contribution in [0.4, 0.5) is 0 Å². The molecule has 2 heterocycles. The topological polar surface area (TPSA) is 68.5 Å². The number of amides is 1. The fraction of sp³-hybridized carbons (Fsp3) is 0.538. The third-order valence-corrected chi connectivity index (χ3v) is 3.19. The maximum absolute atomic E-state index is 12.2. The number of aromatic nitrogens is 1. The Hall–Kier alpha value is -1.46. The Morgan fingerprint density at radius 3 is 2.83 bits per heavy atom. The van der Waals surface area contributed by atoms with Crippen molar-refractivity contribution in [1.82, 2.24) is 9.88 Å². The van der Waals surface area contributed by atoms with Crippen molar-refractivity contribution in [3.8, 4) is 0 Å². The van der Waals surface area contributed by atoms with Crippen molar-refractivity contribution in [2.75, 3.05) is 13.6 Å². The van der Waals surface area contributed by atoms with E-state index in [0.29, 0.717) is 13.1 Å². The van der Waals surface area contributed by atoms with Gasteiger partial charge in [0.15, 0.2) is 0 Å². The van der Waals surface area contributed by atoms with Crippen LogP contribution in [0.15, 0.2) is 24.5 Å². The molecule has 0 aromatic carbocycles. The molecule has 5 heteroatoms. The molecule has 98 valence electrons. The number of ether oxygens (including phenoxy) is 1. The van der Waals surface area contributed by atoms with Crippen LogP contribution in [0.3, 0.4) is 0 Å². The van der Waals surface area contributed by atoms with Crippen LogP contribution in [-0.2, 0) is 16.1 Å². The number of nitrogens with two attached hydrogens (primary N) is 1. The zero-order valence-corrected chi connectivity index (χ0v) is 10.6. The normalized spacial score (nSPS) is 23.0. The molecular weight excluding hydrogens is 230 g/mol. The molecule has 5 nitrogen and oxygen atoms in total. The van der Waals surface area contributed by atoms with Crippen LogP contribution < -0.4 is 5.73 Å². The van der Waals surface area contributed by atoms with Gasteiger partial charge in [-0.25, -0.2) is 0 Å². The summed E-state index contributed by atoms with van der Waals surface area (Å²) in [5, 5.41) is 0. The number of likely N-dealkylation sites (N-methyl/N-ethyl adjacent to an activating group) is 1. The van der Waals surface area contributed by atoms with Crippen molar-refractivity contribution in [2.45, 2.75) is 31.6 Å². The zero-order chi connectivity index (χ0) is 13.0. The molecule has 1 amide bonds. The van der Waals surface area contributed by atoms with Gasteiger partial charge in [0, 0.05) is 32.5 Å². The van der Waals surface area contributed by atoms with Gasteiger partial charge in [-0.1, -0.05) is 0 Å². The van der Waals surface area contributed by atoms with E-state index in [0.717, 1.165) is 18.4 Å². The van der Waals surface area contributed by atoms with Crippen LogP contribution in [-0.4, -0.2) is 41.6 Å². The Kier molecular flexibility index (Phi) is 4.28. The van der Waals surface area contributed by atoms with Crippen LogP contribution >= 0.6 is 0 Å². The predicted octanol–water partition coefficient (Wildman–Crippen LogP) is 0.546. The predicted molar refractivity (Wildman–Crippen MR) is 67.7 cm³/mol. The number of pyridine rings is 1. The van der Waals surface area contributed by atoms with Gasteiger partial charge in [0.05, 0.1) is 6.10 Å². The minimum Gasteiger partial charge on any atom is -0.364 e. The van der Waals surface area contributed by atoms with E-state index in [1.54, 1.807) is 24.3 Å². The summed E-state index contributed by atoms with van der Waals surface area (Å²) in [5.41, 5.74) is 6.60. The van der Waals surface area contributed by atoms with Crippen molar-refractivity contribution < 1.29 is 9.53 Å².